The van der Waals surface area contributed by atoms with Crippen LogP contribution in [0.25, 0.3) is 0 Å². The van der Waals surface area contributed by atoms with Crippen molar-refractivity contribution in [2.24, 2.45) is 0 Å². The molecule has 0 bridgehead atoms. The highest BCUT2D eigenvalue weighted by Gasteiger charge is 2.22. The highest BCUT2D eigenvalue weighted by Crippen LogP contribution is 2.34. The van der Waals surface area contributed by atoms with E-state index < -0.39 is 0 Å². The van der Waals surface area contributed by atoms with Gasteiger partial charge in [0.25, 0.3) is 0 Å². The van der Waals surface area contributed by atoms with Crippen LogP contribution in [-0.4, -0.2) is 30.4 Å². The van der Waals surface area contributed by atoms with E-state index in [-0.39, 0.29) is 5.91 Å². The van der Waals surface area contributed by atoms with Gasteiger partial charge in [-0.1, -0.05) is 6.92 Å². The lowest BCUT2D eigenvalue weighted by molar-refractivity contribution is -0.113. The van der Waals surface area contributed by atoms with Crippen molar-refractivity contribution in [2.75, 3.05) is 23.0 Å². The highest BCUT2D eigenvalue weighted by molar-refractivity contribution is 8.00. The van der Waals surface area contributed by atoms with Crippen molar-refractivity contribution in [1.29, 1.82) is 0 Å². The zero-order valence-corrected chi connectivity index (χ0v) is 12.5. The molecule has 0 aromatic heterocycles. The minimum absolute atomic E-state index is 0.0803. The number of rotatable bonds is 3. The quantitative estimate of drug-likeness (QED) is 0.899. The van der Waals surface area contributed by atoms with Crippen LogP contribution in [0, 0.1) is 0 Å². The first-order valence-corrected chi connectivity index (χ1v) is 8.18. The van der Waals surface area contributed by atoms with Gasteiger partial charge in [-0.05, 0) is 37.5 Å². The standard InChI is InChI=1S/C15H20N2O2S/c1-2-12-7-11(5-6-19-12)16-10-3-4-14-13(8-10)17-15(18)9-20-14/h3-4,8,11-12,16H,2,5-7,9H2,1H3,(H,17,18). The zero-order chi connectivity index (χ0) is 13.9. The van der Waals surface area contributed by atoms with Gasteiger partial charge in [0, 0.05) is 23.2 Å². The maximum absolute atomic E-state index is 11.4. The van der Waals surface area contributed by atoms with Crippen molar-refractivity contribution in [3.05, 3.63) is 18.2 Å². The van der Waals surface area contributed by atoms with E-state index in [1.54, 1.807) is 11.8 Å². The van der Waals surface area contributed by atoms with E-state index in [9.17, 15) is 4.79 Å². The van der Waals surface area contributed by atoms with Gasteiger partial charge in [0.15, 0.2) is 0 Å². The molecular formula is C15H20N2O2S. The summed E-state index contributed by atoms with van der Waals surface area (Å²) in [6.07, 6.45) is 3.52. The number of fused-ring (bicyclic) bond motifs is 1. The Morgan fingerprint density at radius 3 is 3.25 bits per heavy atom. The molecule has 2 aliphatic rings. The predicted octanol–water partition coefficient (Wildman–Crippen LogP) is 3.10. The van der Waals surface area contributed by atoms with Gasteiger partial charge in [-0.3, -0.25) is 4.79 Å². The molecule has 1 saturated heterocycles. The van der Waals surface area contributed by atoms with Crippen molar-refractivity contribution in [2.45, 2.75) is 43.2 Å². The van der Waals surface area contributed by atoms with E-state index in [0.717, 1.165) is 42.1 Å². The van der Waals surface area contributed by atoms with Crippen LogP contribution in [0.2, 0.25) is 0 Å². The number of hydrogen-bond donors (Lipinski definition) is 2. The van der Waals surface area contributed by atoms with Crippen LogP contribution in [0.1, 0.15) is 26.2 Å². The topological polar surface area (TPSA) is 50.4 Å². The molecule has 20 heavy (non-hydrogen) atoms. The third kappa shape index (κ3) is 3.10. The van der Waals surface area contributed by atoms with Crippen molar-refractivity contribution in [1.82, 2.24) is 0 Å². The van der Waals surface area contributed by atoms with Gasteiger partial charge in [-0.15, -0.1) is 11.8 Å². The van der Waals surface area contributed by atoms with E-state index in [1.165, 1.54) is 0 Å². The first-order valence-electron chi connectivity index (χ1n) is 7.19. The molecule has 1 aromatic rings. The number of nitrogens with one attached hydrogen (secondary N) is 2. The van der Waals surface area contributed by atoms with Gasteiger partial charge in [0.1, 0.15) is 0 Å². The lowest BCUT2D eigenvalue weighted by Gasteiger charge is -2.30. The number of thioether (sulfide) groups is 1. The average molecular weight is 292 g/mol. The van der Waals surface area contributed by atoms with Crippen molar-refractivity contribution >= 4 is 29.0 Å². The Morgan fingerprint density at radius 1 is 1.50 bits per heavy atom. The third-order valence-corrected chi connectivity index (χ3v) is 4.88. The first kappa shape index (κ1) is 13.8. The second-order valence-corrected chi connectivity index (χ2v) is 6.33. The van der Waals surface area contributed by atoms with E-state index in [0.29, 0.717) is 17.9 Å². The summed E-state index contributed by atoms with van der Waals surface area (Å²) in [5.41, 5.74) is 2.00. The number of benzene rings is 1. The maximum Gasteiger partial charge on any atom is 0.234 e. The first-order chi connectivity index (χ1) is 9.74. The molecule has 2 heterocycles. The molecule has 0 spiro atoms. The van der Waals surface area contributed by atoms with Gasteiger partial charge in [0.2, 0.25) is 5.91 Å². The van der Waals surface area contributed by atoms with Gasteiger partial charge >= 0.3 is 0 Å². The molecule has 2 atom stereocenters. The largest absolute Gasteiger partial charge is 0.382 e. The van der Waals surface area contributed by atoms with E-state index >= 15 is 0 Å². The fourth-order valence-electron chi connectivity index (χ4n) is 2.70. The van der Waals surface area contributed by atoms with Crippen LogP contribution in [0.5, 0.6) is 0 Å². The number of ether oxygens (including phenoxy) is 1. The van der Waals surface area contributed by atoms with Crippen LogP contribution < -0.4 is 10.6 Å². The van der Waals surface area contributed by atoms with Crippen molar-refractivity contribution in [3.8, 4) is 0 Å². The summed E-state index contributed by atoms with van der Waals surface area (Å²) >= 11 is 1.60. The third-order valence-electron chi connectivity index (χ3n) is 3.81. The van der Waals surface area contributed by atoms with Crippen molar-refractivity contribution in [3.63, 3.8) is 0 Å². The second kappa shape index (κ2) is 6.06. The molecule has 1 aromatic carbocycles. The fraction of sp³-hybridized carbons (Fsp3) is 0.533. The predicted molar refractivity (Wildman–Crippen MR) is 82.5 cm³/mol. The molecule has 5 heteroatoms. The summed E-state index contributed by atoms with van der Waals surface area (Å²) in [6, 6.07) is 6.67. The Morgan fingerprint density at radius 2 is 2.40 bits per heavy atom. The van der Waals surface area contributed by atoms with Crippen LogP contribution >= 0.6 is 11.8 Å². The summed E-state index contributed by atoms with van der Waals surface area (Å²) in [6.45, 7) is 2.99. The van der Waals surface area contributed by atoms with Gasteiger partial charge in [-0.2, -0.15) is 0 Å². The molecule has 0 saturated carbocycles. The number of carbonyl (C=O) groups is 1. The lowest BCUT2D eigenvalue weighted by Crippen LogP contribution is -2.33. The summed E-state index contributed by atoms with van der Waals surface area (Å²) in [7, 11) is 0. The second-order valence-electron chi connectivity index (χ2n) is 5.31. The molecule has 2 unspecified atom stereocenters. The number of hydrogen-bond acceptors (Lipinski definition) is 4. The Balaban J connectivity index is 1.68. The maximum atomic E-state index is 11.4. The van der Waals surface area contributed by atoms with Crippen molar-refractivity contribution < 1.29 is 9.53 Å². The molecule has 1 fully saturated rings. The Bertz CT molecular complexity index is 507. The molecule has 2 aliphatic heterocycles. The van der Waals surface area contributed by atoms with Crippen LogP contribution in [0.15, 0.2) is 23.1 Å². The summed E-state index contributed by atoms with van der Waals surface area (Å²) in [5, 5.41) is 6.50. The van der Waals surface area contributed by atoms with E-state index in [1.807, 2.05) is 6.07 Å². The molecule has 3 rings (SSSR count). The molecule has 4 nitrogen and oxygen atoms in total. The van der Waals surface area contributed by atoms with Gasteiger partial charge in [0.05, 0.1) is 17.5 Å². The minimum atomic E-state index is 0.0803. The summed E-state index contributed by atoms with van der Waals surface area (Å²) in [5.74, 6) is 0.592. The SMILES string of the molecule is CCC1CC(Nc2ccc3c(c2)NC(=O)CS3)CCO1. The van der Waals surface area contributed by atoms with E-state index in [4.69, 9.17) is 4.74 Å². The molecule has 0 radical (unpaired) electrons. The van der Waals surface area contributed by atoms with Crippen LogP contribution in [0.3, 0.4) is 0 Å². The van der Waals surface area contributed by atoms with Gasteiger partial charge in [-0.25, -0.2) is 0 Å². The van der Waals surface area contributed by atoms with Crippen LogP contribution in [0.4, 0.5) is 11.4 Å². The molecular weight excluding hydrogens is 272 g/mol. The number of amides is 1. The highest BCUT2D eigenvalue weighted by atomic mass is 32.2. The molecule has 108 valence electrons. The Kier molecular flexibility index (Phi) is 4.17. The Hall–Kier alpha value is -1.20. The Labute approximate surface area is 123 Å². The van der Waals surface area contributed by atoms with Crippen LogP contribution in [-0.2, 0) is 9.53 Å². The smallest absolute Gasteiger partial charge is 0.234 e. The van der Waals surface area contributed by atoms with E-state index in [2.05, 4.69) is 29.7 Å². The van der Waals surface area contributed by atoms with Gasteiger partial charge < -0.3 is 15.4 Å². The average Bonchev–Trinajstić information content (AvgIpc) is 2.47. The summed E-state index contributed by atoms with van der Waals surface area (Å²) < 4.78 is 5.70. The summed E-state index contributed by atoms with van der Waals surface area (Å²) in [4.78, 5) is 12.6. The monoisotopic (exact) mass is 292 g/mol. The molecule has 1 amide bonds. The molecule has 2 N–H and O–H groups in total. The molecule has 0 aliphatic carbocycles. The minimum Gasteiger partial charge on any atom is -0.382 e. The fourth-order valence-corrected chi connectivity index (χ4v) is 3.49. The normalized spacial score (nSPS) is 25.8. The number of anilines is 2. The number of carbonyl (C=O) groups excluding carboxylic acids is 1. The zero-order valence-electron chi connectivity index (χ0n) is 11.6. The lowest BCUT2D eigenvalue weighted by atomic mass is 10.0.